The maximum Gasteiger partial charge on any atom is 0.330 e. The minimum Gasteiger partial charge on any atom is -0.334 e. The van der Waals surface area contributed by atoms with Crippen molar-refractivity contribution < 1.29 is 4.79 Å². The highest BCUT2D eigenvalue weighted by Gasteiger charge is 2.13. The third kappa shape index (κ3) is 5.77. The summed E-state index contributed by atoms with van der Waals surface area (Å²) in [6, 6.07) is 9.15. The Hall–Kier alpha value is -3.44. The van der Waals surface area contributed by atoms with E-state index in [0.29, 0.717) is 25.2 Å². The molecule has 0 unspecified atom stereocenters. The van der Waals surface area contributed by atoms with Crippen LogP contribution in [0.5, 0.6) is 0 Å². The molecule has 1 aromatic carbocycles. The smallest absolute Gasteiger partial charge is 0.330 e. The van der Waals surface area contributed by atoms with Gasteiger partial charge in [0.2, 0.25) is 5.91 Å². The topological polar surface area (TPSA) is 91.3 Å². The van der Waals surface area contributed by atoms with Crippen LogP contribution in [-0.4, -0.2) is 52.0 Å². The summed E-state index contributed by atoms with van der Waals surface area (Å²) in [5.74, 6) is -0.243. The van der Waals surface area contributed by atoms with Crippen LogP contribution in [-0.2, 0) is 25.4 Å². The number of nitrogens with zero attached hydrogens (tertiary/aromatic N) is 5. The summed E-state index contributed by atoms with van der Waals surface area (Å²) in [6.07, 6.45) is 4.20. The standard InChI is InChI=1S/C21H25N5O3/c1-23(2)11-12-26(14-17-7-5-16(13-22)6-8-17)19(27)10-9-18-15-24(3)21(29)25(4)20(18)28/h5-10,15H,11-12,14H2,1-4H3/b10-9+. The summed E-state index contributed by atoms with van der Waals surface area (Å²) >= 11 is 0. The molecule has 0 fully saturated rings. The Morgan fingerprint density at radius 3 is 2.38 bits per heavy atom. The fourth-order valence-electron chi connectivity index (χ4n) is 2.71. The third-order valence-corrected chi connectivity index (χ3v) is 4.46. The maximum atomic E-state index is 12.8. The Labute approximate surface area is 169 Å². The number of aromatic nitrogens is 2. The number of carbonyl (C=O) groups is 1. The molecule has 0 radical (unpaired) electrons. The van der Waals surface area contributed by atoms with Crippen molar-refractivity contribution in [2.45, 2.75) is 6.54 Å². The molecule has 0 aliphatic rings. The number of likely N-dealkylation sites (N-methyl/N-ethyl adjacent to an activating group) is 1. The molecule has 8 nitrogen and oxygen atoms in total. The fourth-order valence-corrected chi connectivity index (χ4v) is 2.71. The zero-order chi connectivity index (χ0) is 21.6. The number of rotatable bonds is 7. The maximum absolute atomic E-state index is 12.8. The number of aryl methyl sites for hydroxylation is 1. The molecule has 1 heterocycles. The van der Waals surface area contributed by atoms with Crippen molar-refractivity contribution in [3.05, 3.63) is 74.1 Å². The molecule has 29 heavy (non-hydrogen) atoms. The predicted molar refractivity (Wildman–Crippen MR) is 111 cm³/mol. The first-order valence-corrected chi connectivity index (χ1v) is 9.10. The summed E-state index contributed by atoms with van der Waals surface area (Å²) in [4.78, 5) is 40.5. The van der Waals surface area contributed by atoms with Crippen LogP contribution in [0.2, 0.25) is 0 Å². The number of hydrogen-bond donors (Lipinski definition) is 0. The number of amides is 1. The first kappa shape index (κ1) is 21.9. The average molecular weight is 395 g/mol. The second-order valence-corrected chi connectivity index (χ2v) is 7.05. The first-order valence-electron chi connectivity index (χ1n) is 9.10. The van der Waals surface area contributed by atoms with Gasteiger partial charge in [-0.1, -0.05) is 12.1 Å². The van der Waals surface area contributed by atoms with Crippen molar-refractivity contribution in [1.29, 1.82) is 5.26 Å². The van der Waals surface area contributed by atoms with E-state index in [-0.39, 0.29) is 11.5 Å². The summed E-state index contributed by atoms with van der Waals surface area (Å²) in [5.41, 5.74) is 0.845. The summed E-state index contributed by atoms with van der Waals surface area (Å²) in [5, 5.41) is 8.92. The van der Waals surface area contributed by atoms with Gasteiger partial charge < -0.3 is 14.4 Å². The molecule has 0 bridgehead atoms. The molecule has 0 saturated carbocycles. The van der Waals surface area contributed by atoms with E-state index in [1.54, 1.807) is 24.1 Å². The lowest BCUT2D eigenvalue weighted by Crippen LogP contribution is -2.37. The summed E-state index contributed by atoms with van der Waals surface area (Å²) in [6.45, 7) is 1.56. The van der Waals surface area contributed by atoms with Crippen molar-refractivity contribution in [3.63, 3.8) is 0 Å². The van der Waals surface area contributed by atoms with Crippen LogP contribution in [0.3, 0.4) is 0 Å². The van der Waals surface area contributed by atoms with Crippen LogP contribution in [0.15, 0.2) is 46.1 Å². The van der Waals surface area contributed by atoms with E-state index in [1.807, 2.05) is 31.1 Å². The SMILES string of the molecule is CN(C)CCN(Cc1ccc(C#N)cc1)C(=O)/C=C/c1cn(C)c(=O)n(C)c1=O. The van der Waals surface area contributed by atoms with Crippen molar-refractivity contribution in [2.75, 3.05) is 27.2 Å². The summed E-state index contributed by atoms with van der Waals surface area (Å²) < 4.78 is 2.30. The van der Waals surface area contributed by atoms with Crippen LogP contribution >= 0.6 is 0 Å². The highest BCUT2D eigenvalue weighted by Crippen LogP contribution is 2.08. The number of hydrogen-bond acceptors (Lipinski definition) is 5. The van der Waals surface area contributed by atoms with Gasteiger partial charge in [-0.25, -0.2) is 4.79 Å². The molecule has 1 aromatic heterocycles. The molecule has 2 aromatic rings. The molecule has 0 aliphatic carbocycles. The monoisotopic (exact) mass is 395 g/mol. The minimum atomic E-state index is -0.455. The van der Waals surface area contributed by atoms with Gasteiger partial charge >= 0.3 is 5.69 Å². The van der Waals surface area contributed by atoms with Gasteiger partial charge in [-0.15, -0.1) is 0 Å². The second-order valence-electron chi connectivity index (χ2n) is 7.05. The average Bonchev–Trinajstić information content (AvgIpc) is 2.71. The second kappa shape index (κ2) is 9.66. The van der Waals surface area contributed by atoms with Crippen molar-refractivity contribution in [1.82, 2.24) is 18.9 Å². The zero-order valence-electron chi connectivity index (χ0n) is 17.1. The minimum absolute atomic E-state index is 0.243. The van der Waals surface area contributed by atoms with Crippen LogP contribution in [0.1, 0.15) is 16.7 Å². The zero-order valence-corrected chi connectivity index (χ0v) is 17.1. The van der Waals surface area contributed by atoms with E-state index in [9.17, 15) is 14.4 Å². The van der Waals surface area contributed by atoms with Crippen LogP contribution in [0.4, 0.5) is 0 Å². The van der Waals surface area contributed by atoms with E-state index in [4.69, 9.17) is 5.26 Å². The quantitative estimate of drug-likeness (QED) is 0.639. The van der Waals surface area contributed by atoms with Gasteiger partial charge in [0.25, 0.3) is 5.56 Å². The molecule has 0 N–H and O–H groups in total. The van der Waals surface area contributed by atoms with Crippen LogP contribution in [0, 0.1) is 11.3 Å². The molecule has 0 aliphatic heterocycles. The van der Waals surface area contributed by atoms with Gasteiger partial charge in [-0.3, -0.25) is 14.2 Å². The summed E-state index contributed by atoms with van der Waals surface area (Å²) in [7, 11) is 6.80. The highest BCUT2D eigenvalue weighted by atomic mass is 16.2. The van der Waals surface area contributed by atoms with Crippen LogP contribution < -0.4 is 11.2 Å². The molecule has 0 spiro atoms. The Bertz CT molecular complexity index is 1060. The largest absolute Gasteiger partial charge is 0.334 e. The van der Waals surface area contributed by atoms with Crippen molar-refractivity contribution in [2.24, 2.45) is 14.1 Å². The molecule has 1 amide bonds. The highest BCUT2D eigenvalue weighted by molar-refractivity contribution is 5.91. The molecule has 0 atom stereocenters. The van der Waals surface area contributed by atoms with Gasteiger partial charge in [-0.2, -0.15) is 5.26 Å². The normalized spacial score (nSPS) is 11.0. The lowest BCUT2D eigenvalue weighted by Gasteiger charge is -2.23. The Balaban J connectivity index is 2.24. The van der Waals surface area contributed by atoms with E-state index < -0.39 is 11.2 Å². The molecule has 2 rings (SSSR count). The van der Waals surface area contributed by atoms with Gasteiger partial charge in [0.05, 0.1) is 17.2 Å². The Kier molecular flexibility index (Phi) is 7.28. The number of benzene rings is 1. The van der Waals surface area contributed by atoms with E-state index >= 15 is 0 Å². The molecule has 0 saturated heterocycles. The van der Waals surface area contributed by atoms with Gasteiger partial charge in [0.15, 0.2) is 0 Å². The first-order chi connectivity index (χ1) is 13.7. The molecular formula is C21H25N5O3. The predicted octanol–water partition coefficient (Wildman–Crippen LogP) is 0.559. The van der Waals surface area contributed by atoms with E-state index in [0.717, 1.165) is 10.1 Å². The van der Waals surface area contributed by atoms with Gasteiger partial charge in [0, 0.05) is 46.0 Å². The van der Waals surface area contributed by atoms with Crippen LogP contribution in [0.25, 0.3) is 6.08 Å². The fraction of sp³-hybridized carbons (Fsp3) is 0.333. The Morgan fingerprint density at radius 2 is 1.79 bits per heavy atom. The molecule has 8 heteroatoms. The lowest BCUT2D eigenvalue weighted by molar-refractivity contribution is -0.126. The number of carbonyl (C=O) groups excluding carboxylic acids is 1. The van der Waals surface area contributed by atoms with E-state index in [1.165, 1.54) is 30.0 Å². The number of nitriles is 1. The molecular weight excluding hydrogens is 370 g/mol. The van der Waals surface area contributed by atoms with Crippen molar-refractivity contribution >= 4 is 12.0 Å². The Morgan fingerprint density at radius 1 is 1.14 bits per heavy atom. The van der Waals surface area contributed by atoms with Gasteiger partial charge in [-0.05, 0) is 37.9 Å². The van der Waals surface area contributed by atoms with Gasteiger partial charge in [0.1, 0.15) is 0 Å². The molecule has 152 valence electrons. The van der Waals surface area contributed by atoms with E-state index in [2.05, 4.69) is 6.07 Å². The lowest BCUT2D eigenvalue weighted by atomic mass is 10.1. The van der Waals surface area contributed by atoms with Crippen molar-refractivity contribution in [3.8, 4) is 6.07 Å². The third-order valence-electron chi connectivity index (χ3n) is 4.46.